The molecule has 5 nitrogen and oxygen atoms in total. The second-order valence-corrected chi connectivity index (χ2v) is 7.39. The van der Waals surface area contributed by atoms with Crippen molar-refractivity contribution in [2.45, 2.75) is 39.2 Å². The molecule has 3 heterocycles. The highest BCUT2D eigenvalue weighted by atomic mass is 35.5. The van der Waals surface area contributed by atoms with Crippen LogP contribution in [0.2, 0.25) is 5.02 Å². The minimum Gasteiger partial charge on any atom is -0.386 e. The molecule has 3 aromatic rings. The normalized spacial score (nSPS) is 13.5. The highest BCUT2D eigenvalue weighted by Crippen LogP contribution is 2.36. The zero-order valence-corrected chi connectivity index (χ0v) is 15.2. The third kappa shape index (κ3) is 2.73. The minimum atomic E-state index is -0.935. The number of benzene rings is 1. The smallest absolute Gasteiger partial charge is 0.137 e. The van der Waals surface area contributed by atoms with Crippen molar-refractivity contribution >= 4 is 11.6 Å². The molecule has 1 aromatic carbocycles. The largest absolute Gasteiger partial charge is 0.386 e. The van der Waals surface area contributed by atoms with Crippen molar-refractivity contribution in [3.05, 3.63) is 58.4 Å². The first kappa shape index (κ1) is 16.2. The molecule has 0 radical (unpaired) electrons. The van der Waals surface area contributed by atoms with Gasteiger partial charge < -0.3 is 5.11 Å². The van der Waals surface area contributed by atoms with E-state index in [-0.39, 0.29) is 0 Å². The van der Waals surface area contributed by atoms with Crippen LogP contribution in [0.1, 0.15) is 36.6 Å². The minimum absolute atomic E-state index is 0.671. The van der Waals surface area contributed by atoms with Crippen LogP contribution in [0.25, 0.3) is 16.8 Å². The fourth-order valence-corrected chi connectivity index (χ4v) is 3.62. The summed E-state index contributed by atoms with van der Waals surface area (Å²) in [6.07, 6.45) is 5.21. The van der Waals surface area contributed by atoms with E-state index in [4.69, 9.17) is 11.6 Å². The van der Waals surface area contributed by atoms with Crippen LogP contribution in [0.3, 0.4) is 0 Å². The summed E-state index contributed by atoms with van der Waals surface area (Å²) in [7, 11) is 0. The molecule has 1 aliphatic rings. The second kappa shape index (κ2) is 5.64. The standard InChI is InChI=1S/C19H19ClN4O/c1-11-22-23-17-5-4-12-6-13(8-16(20)18(12)24(11)17)14-7-15(10-21-9-14)19(2,3)25/h6-10,25H,4-5H2,1-3H3. The molecular formula is C19H19ClN4O. The van der Waals surface area contributed by atoms with Gasteiger partial charge in [0.2, 0.25) is 0 Å². The average molecular weight is 355 g/mol. The first-order chi connectivity index (χ1) is 11.8. The van der Waals surface area contributed by atoms with Crippen molar-refractivity contribution in [2.75, 3.05) is 0 Å². The maximum Gasteiger partial charge on any atom is 0.137 e. The molecular weight excluding hydrogens is 336 g/mol. The lowest BCUT2D eigenvalue weighted by molar-refractivity contribution is 0.0783. The van der Waals surface area contributed by atoms with Gasteiger partial charge in [0.1, 0.15) is 11.6 Å². The summed E-state index contributed by atoms with van der Waals surface area (Å²) < 4.78 is 2.04. The lowest BCUT2D eigenvalue weighted by Gasteiger charge is -2.22. The van der Waals surface area contributed by atoms with E-state index in [1.54, 1.807) is 26.2 Å². The van der Waals surface area contributed by atoms with Crippen molar-refractivity contribution in [1.29, 1.82) is 0 Å². The van der Waals surface area contributed by atoms with Crippen LogP contribution < -0.4 is 0 Å². The molecule has 0 fully saturated rings. The van der Waals surface area contributed by atoms with Gasteiger partial charge in [0.25, 0.3) is 0 Å². The van der Waals surface area contributed by atoms with Gasteiger partial charge in [-0.2, -0.15) is 0 Å². The Morgan fingerprint density at radius 2 is 1.88 bits per heavy atom. The first-order valence-corrected chi connectivity index (χ1v) is 8.64. The summed E-state index contributed by atoms with van der Waals surface area (Å²) in [5.41, 5.74) is 3.92. The van der Waals surface area contributed by atoms with Crippen molar-refractivity contribution < 1.29 is 5.11 Å². The van der Waals surface area contributed by atoms with Crippen molar-refractivity contribution in [1.82, 2.24) is 19.7 Å². The lowest BCUT2D eigenvalue weighted by Crippen LogP contribution is -2.16. The highest BCUT2D eigenvalue weighted by molar-refractivity contribution is 6.33. The Kier molecular flexibility index (Phi) is 3.67. The van der Waals surface area contributed by atoms with Gasteiger partial charge in [-0.1, -0.05) is 11.6 Å². The van der Waals surface area contributed by atoms with Crippen molar-refractivity contribution in [3.63, 3.8) is 0 Å². The Hall–Kier alpha value is -2.24. The van der Waals surface area contributed by atoms with Gasteiger partial charge in [0.15, 0.2) is 0 Å². The Balaban J connectivity index is 1.86. The predicted molar refractivity (Wildman–Crippen MR) is 97.0 cm³/mol. The summed E-state index contributed by atoms with van der Waals surface area (Å²) in [5.74, 6) is 1.79. The molecule has 0 atom stereocenters. The Morgan fingerprint density at radius 1 is 1.08 bits per heavy atom. The summed E-state index contributed by atoms with van der Waals surface area (Å²) in [5, 5.41) is 19.3. The number of rotatable bonds is 2. The number of fused-ring (bicyclic) bond motifs is 3. The third-order valence-corrected chi connectivity index (χ3v) is 4.94. The zero-order chi connectivity index (χ0) is 17.8. The van der Waals surface area contributed by atoms with Gasteiger partial charge in [-0.25, -0.2) is 0 Å². The molecule has 0 saturated carbocycles. The van der Waals surface area contributed by atoms with Crippen LogP contribution in [0.4, 0.5) is 0 Å². The maximum atomic E-state index is 10.2. The Bertz CT molecular complexity index is 972. The van der Waals surface area contributed by atoms with E-state index in [1.165, 1.54) is 5.56 Å². The summed E-state index contributed by atoms with van der Waals surface area (Å²) in [6.45, 7) is 5.44. The van der Waals surface area contributed by atoms with Crippen LogP contribution in [0.5, 0.6) is 0 Å². The summed E-state index contributed by atoms with van der Waals surface area (Å²) >= 11 is 6.64. The highest BCUT2D eigenvalue weighted by Gasteiger charge is 2.23. The molecule has 25 heavy (non-hydrogen) atoms. The van der Waals surface area contributed by atoms with E-state index >= 15 is 0 Å². The monoisotopic (exact) mass is 354 g/mol. The third-order valence-electron chi connectivity index (χ3n) is 4.65. The van der Waals surface area contributed by atoms with E-state index in [2.05, 4.69) is 21.2 Å². The van der Waals surface area contributed by atoms with E-state index in [9.17, 15) is 5.11 Å². The van der Waals surface area contributed by atoms with E-state index in [0.29, 0.717) is 5.02 Å². The van der Waals surface area contributed by atoms with Gasteiger partial charge >= 0.3 is 0 Å². The molecule has 0 aliphatic carbocycles. The molecule has 0 bridgehead atoms. The van der Waals surface area contributed by atoms with Crippen LogP contribution in [-0.2, 0) is 18.4 Å². The number of hydrogen-bond donors (Lipinski definition) is 1. The predicted octanol–water partition coefficient (Wildman–Crippen LogP) is 3.62. The maximum absolute atomic E-state index is 10.2. The van der Waals surface area contributed by atoms with Crippen molar-refractivity contribution in [3.8, 4) is 16.8 Å². The fraction of sp³-hybridized carbons (Fsp3) is 0.316. The molecule has 128 valence electrons. The zero-order valence-electron chi connectivity index (χ0n) is 14.4. The van der Waals surface area contributed by atoms with E-state index < -0.39 is 5.60 Å². The van der Waals surface area contributed by atoms with Crippen LogP contribution in [-0.4, -0.2) is 24.9 Å². The van der Waals surface area contributed by atoms with Gasteiger partial charge in [0, 0.05) is 29.9 Å². The first-order valence-electron chi connectivity index (χ1n) is 8.26. The summed E-state index contributed by atoms with van der Waals surface area (Å²) in [6, 6.07) is 6.05. The SMILES string of the molecule is Cc1nnc2n1-c1c(Cl)cc(-c3cncc(C(C)(C)O)c3)cc1CC2. The number of pyridine rings is 1. The van der Waals surface area contributed by atoms with Gasteiger partial charge in [-0.3, -0.25) is 9.55 Å². The fourth-order valence-electron chi connectivity index (χ4n) is 3.30. The molecule has 0 amide bonds. The molecule has 0 saturated heterocycles. The number of aryl methyl sites for hydroxylation is 3. The summed E-state index contributed by atoms with van der Waals surface area (Å²) in [4.78, 5) is 4.28. The van der Waals surface area contributed by atoms with E-state index in [1.807, 2.05) is 23.6 Å². The number of halogens is 1. The second-order valence-electron chi connectivity index (χ2n) is 6.99. The van der Waals surface area contributed by atoms with Crippen LogP contribution in [0, 0.1) is 6.92 Å². The molecule has 2 aromatic heterocycles. The Morgan fingerprint density at radius 3 is 2.64 bits per heavy atom. The van der Waals surface area contributed by atoms with Gasteiger partial charge in [0.05, 0.1) is 16.3 Å². The molecule has 1 N–H and O–H groups in total. The number of hydrogen-bond acceptors (Lipinski definition) is 4. The van der Waals surface area contributed by atoms with Crippen LogP contribution in [0.15, 0.2) is 30.6 Å². The number of aliphatic hydroxyl groups is 1. The van der Waals surface area contributed by atoms with Gasteiger partial charge in [-0.15, -0.1) is 10.2 Å². The van der Waals surface area contributed by atoms with Crippen molar-refractivity contribution in [2.24, 2.45) is 0 Å². The Labute approximate surface area is 151 Å². The molecule has 0 spiro atoms. The quantitative estimate of drug-likeness (QED) is 0.763. The number of nitrogens with zero attached hydrogens (tertiary/aromatic N) is 4. The van der Waals surface area contributed by atoms with Crippen LogP contribution >= 0.6 is 11.6 Å². The van der Waals surface area contributed by atoms with E-state index in [0.717, 1.165) is 46.9 Å². The van der Waals surface area contributed by atoms with Gasteiger partial charge in [-0.05, 0) is 56.5 Å². The molecule has 4 rings (SSSR count). The topological polar surface area (TPSA) is 63.8 Å². The molecule has 0 unspecified atom stereocenters. The average Bonchev–Trinajstić information content (AvgIpc) is 2.95. The number of aromatic nitrogens is 4. The molecule has 1 aliphatic heterocycles. The lowest BCUT2D eigenvalue weighted by atomic mass is 9.94. The molecule has 6 heteroatoms.